The van der Waals surface area contributed by atoms with Gasteiger partial charge in [0.15, 0.2) is 0 Å². The van der Waals surface area contributed by atoms with Gasteiger partial charge in [0.25, 0.3) is 0 Å². The quantitative estimate of drug-likeness (QED) is 0.895. The van der Waals surface area contributed by atoms with Crippen LogP contribution in [-0.4, -0.2) is 9.78 Å². The van der Waals surface area contributed by atoms with Gasteiger partial charge in [0.1, 0.15) is 5.82 Å². The van der Waals surface area contributed by atoms with Crippen LogP contribution in [0.4, 0.5) is 4.39 Å². The molecule has 2 N–H and O–H groups in total. The summed E-state index contributed by atoms with van der Waals surface area (Å²) in [4.78, 5) is 0. The molecule has 1 atom stereocenters. The second-order valence-electron chi connectivity index (χ2n) is 4.61. The van der Waals surface area contributed by atoms with Crippen molar-refractivity contribution in [2.75, 3.05) is 0 Å². The van der Waals surface area contributed by atoms with Crippen LogP contribution < -0.4 is 5.73 Å². The molecule has 0 radical (unpaired) electrons. The summed E-state index contributed by atoms with van der Waals surface area (Å²) in [5.41, 5.74) is 8.23. The molecule has 0 aliphatic carbocycles. The molecule has 0 aliphatic rings. The van der Waals surface area contributed by atoms with E-state index in [1.807, 2.05) is 18.5 Å². The fraction of sp³-hybridized carbons (Fsp3) is 0.357. The summed E-state index contributed by atoms with van der Waals surface area (Å²) in [5.74, 6) is -0.317. The normalized spacial score (nSPS) is 12.7. The minimum absolute atomic E-state index is 0.317. The Kier molecular flexibility index (Phi) is 4.83. The van der Waals surface area contributed by atoms with Gasteiger partial charge in [0, 0.05) is 29.0 Å². The Morgan fingerprint density at radius 2 is 2.20 bits per heavy atom. The highest BCUT2D eigenvalue weighted by atomic mass is 79.9. The van der Waals surface area contributed by atoms with Gasteiger partial charge >= 0.3 is 0 Å². The minimum atomic E-state index is -0.482. The Bertz CT molecular complexity index is 607. The minimum Gasteiger partial charge on any atom is -0.323 e. The van der Waals surface area contributed by atoms with E-state index in [2.05, 4.69) is 21.0 Å². The molecule has 1 aromatic heterocycles. The predicted octanol–water partition coefficient (Wildman–Crippen LogP) is 4.01. The van der Waals surface area contributed by atoms with Gasteiger partial charge in [-0.05, 0) is 26.0 Å². The van der Waals surface area contributed by atoms with Crippen molar-refractivity contribution in [3.05, 3.63) is 50.5 Å². The van der Waals surface area contributed by atoms with E-state index in [0.29, 0.717) is 28.0 Å². The maximum absolute atomic E-state index is 13.9. The first-order valence-corrected chi connectivity index (χ1v) is 7.54. The zero-order valence-corrected chi connectivity index (χ0v) is 13.7. The molecule has 0 saturated heterocycles. The first-order valence-electron chi connectivity index (χ1n) is 6.37. The average molecular weight is 361 g/mol. The van der Waals surface area contributed by atoms with E-state index in [1.165, 1.54) is 6.07 Å². The van der Waals surface area contributed by atoms with E-state index in [9.17, 15) is 4.39 Å². The van der Waals surface area contributed by atoms with E-state index in [-0.39, 0.29) is 5.82 Å². The Labute approximate surface area is 131 Å². The summed E-state index contributed by atoms with van der Waals surface area (Å²) in [5, 5.41) is 4.95. The Balaban J connectivity index is 2.35. The highest BCUT2D eigenvalue weighted by Gasteiger charge is 2.20. The second kappa shape index (κ2) is 6.24. The second-order valence-corrected chi connectivity index (χ2v) is 5.84. The standard InChI is InChI=1S/C14H16BrClFN3/c1-3-20-12(14(16)8(2)19-20)7-11(18)13-9(15)5-4-6-10(13)17/h4-6,11H,3,7,18H2,1-2H3. The highest BCUT2D eigenvalue weighted by molar-refractivity contribution is 9.10. The van der Waals surface area contributed by atoms with E-state index >= 15 is 0 Å². The average Bonchev–Trinajstić information content (AvgIpc) is 2.66. The Morgan fingerprint density at radius 1 is 1.50 bits per heavy atom. The van der Waals surface area contributed by atoms with E-state index in [0.717, 1.165) is 11.4 Å². The van der Waals surface area contributed by atoms with Gasteiger partial charge in [-0.1, -0.05) is 33.6 Å². The number of halogens is 3. The van der Waals surface area contributed by atoms with Crippen LogP contribution in [0, 0.1) is 12.7 Å². The first-order chi connectivity index (χ1) is 9.45. The Hall–Kier alpha value is -0.910. The largest absolute Gasteiger partial charge is 0.323 e. The molecular formula is C14H16BrClFN3. The molecule has 3 nitrogen and oxygen atoms in total. The number of benzene rings is 1. The predicted molar refractivity (Wildman–Crippen MR) is 82.4 cm³/mol. The van der Waals surface area contributed by atoms with Crippen LogP contribution >= 0.6 is 27.5 Å². The lowest BCUT2D eigenvalue weighted by Gasteiger charge is -2.16. The van der Waals surface area contributed by atoms with Crippen LogP contribution in [0.25, 0.3) is 0 Å². The van der Waals surface area contributed by atoms with Crippen LogP contribution in [0.5, 0.6) is 0 Å². The molecule has 0 bridgehead atoms. The molecule has 0 aliphatic heterocycles. The third kappa shape index (κ3) is 2.90. The van der Waals surface area contributed by atoms with Crippen molar-refractivity contribution in [3.63, 3.8) is 0 Å². The molecule has 1 unspecified atom stereocenters. The highest BCUT2D eigenvalue weighted by Crippen LogP contribution is 2.30. The van der Waals surface area contributed by atoms with Gasteiger partial charge < -0.3 is 5.73 Å². The van der Waals surface area contributed by atoms with Crippen LogP contribution in [0.1, 0.15) is 29.9 Å². The van der Waals surface area contributed by atoms with Gasteiger partial charge in [-0.15, -0.1) is 0 Å². The van der Waals surface area contributed by atoms with E-state index < -0.39 is 6.04 Å². The molecule has 1 aromatic carbocycles. The number of hydrogen-bond donors (Lipinski definition) is 1. The van der Waals surface area contributed by atoms with Crippen molar-refractivity contribution in [2.45, 2.75) is 32.9 Å². The maximum Gasteiger partial charge on any atom is 0.129 e. The monoisotopic (exact) mass is 359 g/mol. The fourth-order valence-corrected chi connectivity index (χ4v) is 3.09. The molecule has 108 valence electrons. The van der Waals surface area contributed by atoms with Crippen LogP contribution in [0.2, 0.25) is 5.02 Å². The van der Waals surface area contributed by atoms with Crippen molar-refractivity contribution in [1.29, 1.82) is 0 Å². The first kappa shape index (κ1) is 15.5. The molecule has 1 heterocycles. The summed E-state index contributed by atoms with van der Waals surface area (Å²) in [6, 6.07) is 4.35. The van der Waals surface area contributed by atoms with Crippen molar-refractivity contribution in [3.8, 4) is 0 Å². The van der Waals surface area contributed by atoms with Gasteiger partial charge in [-0.3, -0.25) is 4.68 Å². The van der Waals surface area contributed by atoms with Crippen molar-refractivity contribution >= 4 is 27.5 Å². The maximum atomic E-state index is 13.9. The van der Waals surface area contributed by atoms with Gasteiger partial charge in [-0.25, -0.2) is 4.39 Å². The van der Waals surface area contributed by atoms with Crippen LogP contribution in [0.15, 0.2) is 22.7 Å². The molecule has 2 aromatic rings. The number of nitrogens with zero attached hydrogens (tertiary/aromatic N) is 2. The van der Waals surface area contributed by atoms with Gasteiger partial charge in [-0.2, -0.15) is 5.10 Å². The molecule has 0 saturated carbocycles. The molecule has 0 amide bonds. The number of aryl methyl sites for hydroxylation is 2. The lowest BCUT2D eigenvalue weighted by molar-refractivity contribution is 0.553. The number of nitrogens with two attached hydrogens (primary N) is 1. The van der Waals surface area contributed by atoms with E-state index in [4.69, 9.17) is 17.3 Å². The molecule has 2 rings (SSSR count). The summed E-state index contributed by atoms with van der Waals surface area (Å²) < 4.78 is 16.4. The van der Waals surface area contributed by atoms with Crippen LogP contribution in [-0.2, 0) is 13.0 Å². The fourth-order valence-electron chi connectivity index (χ4n) is 2.24. The zero-order valence-electron chi connectivity index (χ0n) is 11.3. The number of hydrogen-bond acceptors (Lipinski definition) is 2. The third-order valence-corrected chi connectivity index (χ3v) is 4.42. The van der Waals surface area contributed by atoms with Gasteiger partial charge in [0.05, 0.1) is 16.4 Å². The molecule has 20 heavy (non-hydrogen) atoms. The molecule has 0 fully saturated rings. The van der Waals surface area contributed by atoms with Crippen molar-refractivity contribution < 1.29 is 4.39 Å². The summed E-state index contributed by atoms with van der Waals surface area (Å²) >= 11 is 9.60. The van der Waals surface area contributed by atoms with Crippen LogP contribution in [0.3, 0.4) is 0 Å². The van der Waals surface area contributed by atoms with Crippen molar-refractivity contribution in [1.82, 2.24) is 9.78 Å². The lowest BCUT2D eigenvalue weighted by Crippen LogP contribution is -2.18. The van der Waals surface area contributed by atoms with Crippen molar-refractivity contribution in [2.24, 2.45) is 5.73 Å². The number of rotatable bonds is 4. The Morgan fingerprint density at radius 3 is 2.80 bits per heavy atom. The SMILES string of the molecule is CCn1nc(C)c(Cl)c1CC(N)c1c(F)cccc1Br. The summed E-state index contributed by atoms with van der Waals surface area (Å²) in [7, 11) is 0. The molecular weight excluding hydrogens is 345 g/mol. The third-order valence-electron chi connectivity index (χ3n) is 3.24. The zero-order chi connectivity index (χ0) is 14.9. The molecule has 0 spiro atoms. The lowest BCUT2D eigenvalue weighted by atomic mass is 10.0. The number of aromatic nitrogens is 2. The smallest absolute Gasteiger partial charge is 0.129 e. The topological polar surface area (TPSA) is 43.8 Å². The summed E-state index contributed by atoms with van der Waals surface area (Å²) in [6.45, 7) is 4.54. The van der Waals surface area contributed by atoms with Gasteiger partial charge in [0.2, 0.25) is 0 Å². The van der Waals surface area contributed by atoms with E-state index in [1.54, 1.807) is 12.1 Å². The summed E-state index contributed by atoms with van der Waals surface area (Å²) in [6.07, 6.45) is 0.438. The molecule has 6 heteroatoms.